The molecule has 1 rings (SSSR count). The molecule has 1 aromatic heterocycles. The Morgan fingerprint density at radius 1 is 1.58 bits per heavy atom. The van der Waals surface area contributed by atoms with E-state index in [9.17, 15) is 0 Å². The van der Waals surface area contributed by atoms with Crippen LogP contribution in [0.5, 0.6) is 5.75 Å². The first-order valence-electron chi connectivity index (χ1n) is 3.95. The van der Waals surface area contributed by atoms with Gasteiger partial charge in [-0.3, -0.25) is 0 Å². The van der Waals surface area contributed by atoms with Crippen LogP contribution in [0.25, 0.3) is 0 Å². The topological polar surface area (TPSA) is 61.3 Å². The zero-order chi connectivity index (χ0) is 9.14. The van der Waals surface area contributed by atoms with E-state index in [1.165, 1.54) is 0 Å². The lowest BCUT2D eigenvalue weighted by Crippen LogP contribution is -2.05. The number of nitrogens with zero attached hydrogens (tertiary/aromatic N) is 1. The van der Waals surface area contributed by atoms with Crippen LogP contribution < -0.4 is 10.5 Å². The van der Waals surface area contributed by atoms with Crippen molar-refractivity contribution in [1.29, 1.82) is 0 Å². The Bertz CT molecular complexity index is 236. The summed E-state index contributed by atoms with van der Waals surface area (Å²) in [5.74, 6) is 1.30. The maximum absolute atomic E-state index is 5.47. The summed E-state index contributed by atoms with van der Waals surface area (Å²) in [6.45, 7) is 6.57. The molecule has 4 nitrogen and oxygen atoms in total. The Balaban J connectivity index is 2.62. The molecule has 0 saturated carbocycles. The summed E-state index contributed by atoms with van der Waals surface area (Å²) in [5, 5.41) is 3.67. The molecule has 1 aromatic rings. The molecule has 1 heterocycles. The SMILES string of the molecule is Cc1noc(N)c1OCC(C)C. The first-order chi connectivity index (χ1) is 5.61. The molecule has 0 atom stereocenters. The van der Waals surface area contributed by atoms with Gasteiger partial charge in [-0.15, -0.1) is 0 Å². The highest BCUT2D eigenvalue weighted by molar-refractivity contribution is 5.45. The van der Waals surface area contributed by atoms with E-state index in [1.807, 2.05) is 0 Å². The molecule has 0 spiro atoms. The molecule has 0 aliphatic carbocycles. The van der Waals surface area contributed by atoms with Crippen LogP contribution in [0.2, 0.25) is 0 Å². The van der Waals surface area contributed by atoms with Crippen LogP contribution in [0.1, 0.15) is 19.5 Å². The van der Waals surface area contributed by atoms with Gasteiger partial charge in [-0.2, -0.15) is 0 Å². The Kier molecular flexibility index (Phi) is 2.58. The molecular formula is C8H14N2O2. The minimum absolute atomic E-state index is 0.258. The Morgan fingerprint density at radius 2 is 2.25 bits per heavy atom. The first-order valence-corrected chi connectivity index (χ1v) is 3.95. The number of hydrogen-bond donors (Lipinski definition) is 1. The average Bonchev–Trinajstić information content (AvgIpc) is 2.28. The third-order valence-corrected chi connectivity index (χ3v) is 1.39. The van der Waals surface area contributed by atoms with E-state index in [4.69, 9.17) is 15.0 Å². The van der Waals surface area contributed by atoms with E-state index in [0.717, 1.165) is 0 Å². The fourth-order valence-electron chi connectivity index (χ4n) is 0.804. The van der Waals surface area contributed by atoms with Gasteiger partial charge in [0.05, 0.1) is 6.61 Å². The van der Waals surface area contributed by atoms with Gasteiger partial charge in [0.15, 0.2) is 0 Å². The summed E-state index contributed by atoms with van der Waals surface area (Å²) < 4.78 is 10.1. The number of hydrogen-bond acceptors (Lipinski definition) is 4. The number of anilines is 1. The minimum Gasteiger partial charge on any atom is -0.486 e. The quantitative estimate of drug-likeness (QED) is 0.748. The smallest absolute Gasteiger partial charge is 0.264 e. The van der Waals surface area contributed by atoms with Gasteiger partial charge in [-0.05, 0) is 12.8 Å². The van der Waals surface area contributed by atoms with Crippen molar-refractivity contribution in [3.05, 3.63) is 5.69 Å². The Hall–Kier alpha value is -1.19. The van der Waals surface area contributed by atoms with Crippen molar-refractivity contribution < 1.29 is 9.26 Å². The van der Waals surface area contributed by atoms with Crippen LogP contribution in [-0.2, 0) is 0 Å². The number of rotatable bonds is 3. The molecule has 0 fully saturated rings. The van der Waals surface area contributed by atoms with Crippen molar-refractivity contribution in [3.63, 3.8) is 0 Å². The van der Waals surface area contributed by atoms with E-state index in [0.29, 0.717) is 24.0 Å². The third-order valence-electron chi connectivity index (χ3n) is 1.39. The lowest BCUT2D eigenvalue weighted by Gasteiger charge is -2.06. The van der Waals surface area contributed by atoms with Gasteiger partial charge in [-0.1, -0.05) is 19.0 Å². The third kappa shape index (κ3) is 1.90. The van der Waals surface area contributed by atoms with Gasteiger partial charge in [0.2, 0.25) is 5.75 Å². The van der Waals surface area contributed by atoms with Gasteiger partial charge in [0.1, 0.15) is 5.69 Å². The van der Waals surface area contributed by atoms with Crippen molar-refractivity contribution in [2.75, 3.05) is 12.3 Å². The normalized spacial score (nSPS) is 10.7. The van der Waals surface area contributed by atoms with Crippen molar-refractivity contribution >= 4 is 5.88 Å². The molecule has 0 aromatic carbocycles. The number of aromatic nitrogens is 1. The van der Waals surface area contributed by atoms with E-state index in [1.54, 1.807) is 6.92 Å². The molecule has 0 radical (unpaired) electrons. The highest BCUT2D eigenvalue weighted by Gasteiger charge is 2.11. The Morgan fingerprint density at radius 3 is 2.67 bits per heavy atom. The summed E-state index contributed by atoms with van der Waals surface area (Å²) in [6.07, 6.45) is 0. The standard InChI is InChI=1S/C8H14N2O2/c1-5(2)4-11-7-6(3)10-12-8(7)9/h5H,4,9H2,1-3H3. The summed E-state index contributed by atoms with van der Waals surface area (Å²) >= 11 is 0. The first kappa shape index (κ1) is 8.90. The molecule has 0 saturated heterocycles. The fraction of sp³-hybridized carbons (Fsp3) is 0.625. The van der Waals surface area contributed by atoms with Crippen LogP contribution in [0.15, 0.2) is 4.52 Å². The lowest BCUT2D eigenvalue weighted by molar-refractivity contribution is 0.269. The number of nitrogen functional groups attached to an aromatic ring is 1. The zero-order valence-corrected chi connectivity index (χ0v) is 7.63. The molecule has 0 unspecified atom stereocenters. The average molecular weight is 170 g/mol. The number of nitrogens with two attached hydrogens (primary N) is 1. The van der Waals surface area contributed by atoms with Gasteiger partial charge < -0.3 is 15.0 Å². The van der Waals surface area contributed by atoms with Crippen LogP contribution >= 0.6 is 0 Å². The lowest BCUT2D eigenvalue weighted by atomic mass is 10.2. The highest BCUT2D eigenvalue weighted by Crippen LogP contribution is 2.25. The molecule has 68 valence electrons. The van der Waals surface area contributed by atoms with Crippen molar-refractivity contribution in [2.45, 2.75) is 20.8 Å². The van der Waals surface area contributed by atoms with E-state index in [2.05, 4.69) is 19.0 Å². The van der Waals surface area contributed by atoms with Gasteiger partial charge in [0, 0.05) is 0 Å². The van der Waals surface area contributed by atoms with Crippen LogP contribution in [0.3, 0.4) is 0 Å². The van der Waals surface area contributed by atoms with Crippen LogP contribution in [-0.4, -0.2) is 11.8 Å². The number of ether oxygens (including phenoxy) is 1. The van der Waals surface area contributed by atoms with Crippen LogP contribution in [0, 0.1) is 12.8 Å². The summed E-state index contributed by atoms with van der Waals surface area (Å²) in [6, 6.07) is 0. The van der Waals surface area contributed by atoms with Crippen molar-refractivity contribution in [1.82, 2.24) is 5.16 Å². The molecule has 0 aliphatic rings. The van der Waals surface area contributed by atoms with Crippen molar-refractivity contribution in [2.24, 2.45) is 5.92 Å². The summed E-state index contributed by atoms with van der Waals surface area (Å²) in [4.78, 5) is 0. The van der Waals surface area contributed by atoms with Crippen LogP contribution in [0.4, 0.5) is 5.88 Å². The minimum atomic E-state index is 0.258. The maximum atomic E-state index is 5.47. The number of aryl methyl sites for hydroxylation is 1. The predicted octanol–water partition coefficient (Wildman–Crippen LogP) is 1.60. The molecule has 2 N–H and O–H groups in total. The zero-order valence-electron chi connectivity index (χ0n) is 7.63. The highest BCUT2D eigenvalue weighted by atomic mass is 16.5. The maximum Gasteiger partial charge on any atom is 0.264 e. The molecule has 4 heteroatoms. The second kappa shape index (κ2) is 3.47. The summed E-state index contributed by atoms with van der Waals surface area (Å²) in [5.41, 5.74) is 6.18. The predicted molar refractivity (Wildman–Crippen MR) is 46.0 cm³/mol. The van der Waals surface area contributed by atoms with E-state index in [-0.39, 0.29) is 5.88 Å². The monoisotopic (exact) mass is 170 g/mol. The largest absolute Gasteiger partial charge is 0.486 e. The fourth-order valence-corrected chi connectivity index (χ4v) is 0.804. The summed E-state index contributed by atoms with van der Waals surface area (Å²) in [7, 11) is 0. The van der Waals surface area contributed by atoms with E-state index < -0.39 is 0 Å². The molecule has 0 amide bonds. The van der Waals surface area contributed by atoms with Gasteiger partial charge in [0.25, 0.3) is 5.88 Å². The second-order valence-electron chi connectivity index (χ2n) is 3.17. The molecule has 0 aliphatic heterocycles. The van der Waals surface area contributed by atoms with Crippen molar-refractivity contribution in [3.8, 4) is 5.75 Å². The molecular weight excluding hydrogens is 156 g/mol. The van der Waals surface area contributed by atoms with E-state index >= 15 is 0 Å². The molecule has 12 heavy (non-hydrogen) atoms. The van der Waals surface area contributed by atoms with Gasteiger partial charge in [-0.25, -0.2) is 0 Å². The molecule has 0 bridgehead atoms. The second-order valence-corrected chi connectivity index (χ2v) is 3.17. The Labute approximate surface area is 71.7 Å². The van der Waals surface area contributed by atoms with Gasteiger partial charge >= 0.3 is 0 Å².